The second-order valence-electron chi connectivity index (χ2n) is 4.93. The van der Waals surface area contributed by atoms with Crippen LogP contribution in [0.25, 0.3) is 0 Å². The Labute approximate surface area is 110 Å². The third-order valence-electron chi connectivity index (χ3n) is 3.25. The normalized spacial score (nSPS) is 12.3. The highest BCUT2D eigenvalue weighted by Gasteiger charge is 2.15. The van der Waals surface area contributed by atoms with Crippen molar-refractivity contribution in [3.63, 3.8) is 0 Å². The summed E-state index contributed by atoms with van der Waals surface area (Å²) in [6.45, 7) is 8.68. The van der Waals surface area contributed by atoms with Crippen molar-refractivity contribution in [2.45, 2.75) is 46.6 Å². The molecular formula is C15H24N2O. The van der Waals surface area contributed by atoms with Crippen LogP contribution in [0.1, 0.15) is 46.8 Å². The molecule has 1 aromatic carbocycles. The molecule has 0 aliphatic rings. The average Bonchev–Trinajstić information content (AvgIpc) is 2.26. The second-order valence-corrected chi connectivity index (χ2v) is 4.93. The van der Waals surface area contributed by atoms with Gasteiger partial charge in [-0.3, -0.25) is 4.79 Å². The lowest BCUT2D eigenvalue weighted by Crippen LogP contribution is -2.36. The first-order valence-electron chi connectivity index (χ1n) is 6.58. The monoisotopic (exact) mass is 248 g/mol. The Morgan fingerprint density at radius 3 is 2.28 bits per heavy atom. The van der Waals surface area contributed by atoms with Gasteiger partial charge < -0.3 is 11.1 Å². The first kappa shape index (κ1) is 14.7. The second kappa shape index (κ2) is 6.55. The maximum absolute atomic E-state index is 12.3. The Hall–Kier alpha value is -1.35. The van der Waals surface area contributed by atoms with Crippen molar-refractivity contribution in [2.24, 2.45) is 5.73 Å². The summed E-state index contributed by atoms with van der Waals surface area (Å²) < 4.78 is 0. The van der Waals surface area contributed by atoms with Crippen LogP contribution >= 0.6 is 0 Å². The van der Waals surface area contributed by atoms with E-state index in [2.05, 4.69) is 12.2 Å². The largest absolute Gasteiger partial charge is 0.349 e. The average molecular weight is 248 g/mol. The van der Waals surface area contributed by atoms with Gasteiger partial charge in [0, 0.05) is 11.6 Å². The first-order valence-corrected chi connectivity index (χ1v) is 6.58. The summed E-state index contributed by atoms with van der Waals surface area (Å²) in [6, 6.07) is 4.26. The van der Waals surface area contributed by atoms with E-state index >= 15 is 0 Å². The molecule has 0 heterocycles. The van der Waals surface area contributed by atoms with Crippen molar-refractivity contribution in [3.8, 4) is 0 Å². The quantitative estimate of drug-likeness (QED) is 0.841. The zero-order valence-corrected chi connectivity index (χ0v) is 11.8. The van der Waals surface area contributed by atoms with Gasteiger partial charge >= 0.3 is 0 Å². The Morgan fingerprint density at radius 2 is 1.83 bits per heavy atom. The predicted molar refractivity (Wildman–Crippen MR) is 75.9 cm³/mol. The number of benzene rings is 1. The number of hydrogen-bond donors (Lipinski definition) is 2. The van der Waals surface area contributed by atoms with Gasteiger partial charge in [0.2, 0.25) is 0 Å². The van der Waals surface area contributed by atoms with Crippen LogP contribution in [0.5, 0.6) is 0 Å². The summed E-state index contributed by atoms with van der Waals surface area (Å²) in [7, 11) is 0. The van der Waals surface area contributed by atoms with Crippen LogP contribution in [-0.2, 0) is 0 Å². The molecule has 3 nitrogen and oxygen atoms in total. The van der Waals surface area contributed by atoms with Crippen molar-refractivity contribution in [1.29, 1.82) is 0 Å². The molecule has 3 heteroatoms. The van der Waals surface area contributed by atoms with Crippen LogP contribution in [0.4, 0.5) is 0 Å². The molecule has 0 fully saturated rings. The fourth-order valence-corrected chi connectivity index (χ4v) is 2.38. The van der Waals surface area contributed by atoms with E-state index in [0.717, 1.165) is 29.5 Å². The van der Waals surface area contributed by atoms with E-state index in [-0.39, 0.29) is 11.9 Å². The van der Waals surface area contributed by atoms with Gasteiger partial charge in [0.15, 0.2) is 0 Å². The van der Waals surface area contributed by atoms with Crippen LogP contribution in [0.2, 0.25) is 0 Å². The smallest absolute Gasteiger partial charge is 0.252 e. The van der Waals surface area contributed by atoms with E-state index in [4.69, 9.17) is 5.73 Å². The molecule has 0 aliphatic carbocycles. The minimum absolute atomic E-state index is 0.0188. The lowest BCUT2D eigenvalue weighted by molar-refractivity contribution is 0.0933. The van der Waals surface area contributed by atoms with Crippen molar-refractivity contribution in [2.75, 3.05) is 6.54 Å². The fourth-order valence-electron chi connectivity index (χ4n) is 2.38. The number of carbonyl (C=O) groups excluding carboxylic acids is 1. The number of nitrogens with two attached hydrogens (primary N) is 1. The zero-order chi connectivity index (χ0) is 13.7. The van der Waals surface area contributed by atoms with E-state index in [9.17, 15) is 4.79 Å². The molecule has 1 amide bonds. The van der Waals surface area contributed by atoms with Crippen LogP contribution in [-0.4, -0.2) is 18.5 Å². The third-order valence-corrected chi connectivity index (χ3v) is 3.25. The lowest BCUT2D eigenvalue weighted by atomic mass is 9.98. The number of carbonyl (C=O) groups is 1. The Morgan fingerprint density at radius 1 is 1.28 bits per heavy atom. The Kier molecular flexibility index (Phi) is 5.35. The summed E-state index contributed by atoms with van der Waals surface area (Å²) >= 11 is 0. The fraction of sp³-hybridized carbons (Fsp3) is 0.533. The molecule has 0 aromatic heterocycles. The van der Waals surface area contributed by atoms with E-state index in [1.54, 1.807) is 0 Å². The van der Waals surface area contributed by atoms with Gasteiger partial charge in [0.25, 0.3) is 5.91 Å². The number of hydrogen-bond acceptors (Lipinski definition) is 2. The summed E-state index contributed by atoms with van der Waals surface area (Å²) in [6.07, 6.45) is 1.74. The van der Waals surface area contributed by atoms with Crippen LogP contribution in [0.3, 0.4) is 0 Å². The molecule has 1 unspecified atom stereocenters. The van der Waals surface area contributed by atoms with Gasteiger partial charge in [0.05, 0.1) is 0 Å². The number of rotatable bonds is 5. The van der Waals surface area contributed by atoms with Gasteiger partial charge in [-0.1, -0.05) is 24.6 Å². The molecule has 0 spiro atoms. The van der Waals surface area contributed by atoms with Gasteiger partial charge in [-0.05, 0) is 51.3 Å². The first-order chi connectivity index (χ1) is 8.49. The van der Waals surface area contributed by atoms with E-state index < -0.39 is 0 Å². The highest BCUT2D eigenvalue weighted by atomic mass is 16.1. The zero-order valence-electron chi connectivity index (χ0n) is 11.8. The third kappa shape index (κ3) is 3.57. The van der Waals surface area contributed by atoms with E-state index in [1.165, 1.54) is 5.56 Å². The lowest BCUT2D eigenvalue weighted by Gasteiger charge is -2.18. The molecule has 1 rings (SSSR count). The maximum Gasteiger partial charge on any atom is 0.252 e. The molecule has 0 saturated heterocycles. The molecule has 0 bridgehead atoms. The molecule has 0 radical (unpaired) electrons. The molecule has 1 atom stereocenters. The Balaban J connectivity index is 2.90. The van der Waals surface area contributed by atoms with Crippen LogP contribution in [0.15, 0.2) is 12.1 Å². The van der Waals surface area contributed by atoms with Gasteiger partial charge in [-0.15, -0.1) is 0 Å². The number of nitrogens with one attached hydrogen (secondary N) is 1. The minimum Gasteiger partial charge on any atom is -0.349 e. The minimum atomic E-state index is 0.0188. The molecular weight excluding hydrogens is 224 g/mol. The summed E-state index contributed by atoms with van der Waals surface area (Å²) in [5.74, 6) is 0.0188. The maximum atomic E-state index is 12.3. The topological polar surface area (TPSA) is 55.1 Å². The van der Waals surface area contributed by atoms with Crippen molar-refractivity contribution >= 4 is 5.91 Å². The number of amides is 1. The molecule has 0 saturated carbocycles. The summed E-state index contributed by atoms with van der Waals surface area (Å²) in [4.78, 5) is 12.3. The van der Waals surface area contributed by atoms with Gasteiger partial charge in [0.1, 0.15) is 0 Å². The summed E-state index contributed by atoms with van der Waals surface area (Å²) in [5, 5.41) is 3.07. The van der Waals surface area contributed by atoms with Crippen molar-refractivity contribution < 1.29 is 4.79 Å². The van der Waals surface area contributed by atoms with Crippen LogP contribution < -0.4 is 11.1 Å². The highest BCUT2D eigenvalue weighted by Crippen LogP contribution is 2.16. The Bertz CT molecular complexity index is 403. The van der Waals surface area contributed by atoms with Gasteiger partial charge in [-0.2, -0.15) is 0 Å². The number of aryl methyl sites for hydroxylation is 3. The SMILES string of the molecule is CCC(CCN)NC(=O)c1c(C)cc(C)cc1C. The molecule has 100 valence electrons. The summed E-state index contributed by atoms with van der Waals surface area (Å²) in [5.41, 5.74) is 9.61. The molecule has 1 aromatic rings. The predicted octanol–water partition coefficient (Wildman–Crippen LogP) is 2.47. The standard InChI is InChI=1S/C15H24N2O/c1-5-13(6-7-16)17-15(18)14-11(3)8-10(2)9-12(14)4/h8-9,13H,5-7,16H2,1-4H3,(H,17,18). The highest BCUT2D eigenvalue weighted by molar-refractivity contribution is 5.97. The molecule has 3 N–H and O–H groups in total. The molecule has 18 heavy (non-hydrogen) atoms. The van der Waals surface area contributed by atoms with E-state index in [0.29, 0.717) is 6.54 Å². The van der Waals surface area contributed by atoms with Crippen molar-refractivity contribution in [3.05, 3.63) is 34.4 Å². The molecule has 0 aliphatic heterocycles. The van der Waals surface area contributed by atoms with Crippen LogP contribution in [0, 0.1) is 20.8 Å². The van der Waals surface area contributed by atoms with Gasteiger partial charge in [-0.25, -0.2) is 0 Å². The van der Waals surface area contributed by atoms with E-state index in [1.807, 2.05) is 32.9 Å². The van der Waals surface area contributed by atoms with Crippen molar-refractivity contribution in [1.82, 2.24) is 5.32 Å².